The van der Waals surface area contributed by atoms with Crippen LogP contribution in [0.15, 0.2) is 156 Å². The van der Waals surface area contributed by atoms with Gasteiger partial charge in [-0.3, -0.25) is 4.79 Å². The van der Waals surface area contributed by atoms with E-state index in [4.69, 9.17) is 14.3 Å². The minimum absolute atomic E-state index is 0.00687. The number of hydrogen-bond donors (Lipinski definition) is 1. The predicted molar refractivity (Wildman–Crippen MR) is 368 cm³/mol. The summed E-state index contributed by atoms with van der Waals surface area (Å²) in [5.74, 6) is 0.113. The molecule has 83 heavy (non-hydrogen) atoms. The van der Waals surface area contributed by atoms with E-state index in [9.17, 15) is 4.79 Å². The van der Waals surface area contributed by atoms with Crippen molar-refractivity contribution in [2.75, 3.05) is 24.7 Å². The fourth-order valence-electron chi connectivity index (χ4n) is 11.1. The number of anilines is 3. The van der Waals surface area contributed by atoms with Gasteiger partial charge in [0.25, 0.3) is 8.53 Å². The number of amides is 1. The molecule has 0 saturated carbocycles. The standard InChI is InChI=1S/C68H76Br5N6O3P/c1-46(2)79(47(3)4)83(82-44-24-40-74)81-43-21-13-19-41-75-59(80)33-18-12-20-42-76-55(53-29-22-25-48-26-23-31-57(76)60(48)53)30-16-11-17-32-58-68(8,9)54-45-52(38-39-56(54)78(58)50-27-14-10-15-28-50)77(51-36-34-49(35-37-51)67(5,6)7)66-64(72)62(70)61(69)63(71)65(66)73/h10-11,14-17,22-23,25-32,34-39,45-47H,12-13,18-21,24,33,41-44H2,1-9H3/p+1. The van der Waals surface area contributed by atoms with Gasteiger partial charge in [0, 0.05) is 108 Å². The molecule has 1 unspecified atom stereocenters. The fraction of sp³-hybridized carbons (Fsp3) is 0.368. The first-order valence-corrected chi connectivity index (χ1v) is 34.0. The van der Waals surface area contributed by atoms with E-state index in [1.807, 2.05) is 0 Å². The first-order valence-electron chi connectivity index (χ1n) is 28.9. The average molecular weight is 1460 g/mol. The van der Waals surface area contributed by atoms with Crippen molar-refractivity contribution in [3.05, 3.63) is 172 Å². The summed E-state index contributed by atoms with van der Waals surface area (Å²) in [6, 6.07) is 42.4. The van der Waals surface area contributed by atoms with Crippen molar-refractivity contribution >= 4 is 156 Å². The highest BCUT2D eigenvalue weighted by atomic mass is 79.9. The number of unbranched alkanes of at least 4 members (excludes halogenated alkanes) is 4. The molecule has 0 saturated heterocycles. The van der Waals surface area contributed by atoms with Crippen molar-refractivity contribution < 1.29 is 13.8 Å². The lowest BCUT2D eigenvalue weighted by molar-refractivity contribution is -0.121. The zero-order valence-electron chi connectivity index (χ0n) is 49.2. The quantitative estimate of drug-likeness (QED) is 0.0145. The summed E-state index contributed by atoms with van der Waals surface area (Å²) in [4.78, 5) is 15.3. The molecular formula is C68H77Br5N6O3P+. The van der Waals surface area contributed by atoms with Crippen molar-refractivity contribution in [2.45, 2.75) is 143 Å². The Bertz CT molecular complexity index is 3560. The predicted octanol–water partition coefficient (Wildman–Crippen LogP) is 20.4. The molecule has 1 N–H and O–H groups in total. The Hall–Kier alpha value is -4.26. The molecule has 8 rings (SSSR count). The average Bonchev–Trinajstić information content (AvgIpc) is 2.13. The van der Waals surface area contributed by atoms with E-state index in [1.165, 1.54) is 43.9 Å². The smallest absolute Gasteiger partial charge is 0.259 e. The van der Waals surface area contributed by atoms with Gasteiger partial charge in [0.05, 0.1) is 45.8 Å². The number of aromatic nitrogens is 1. The van der Waals surface area contributed by atoms with Gasteiger partial charge >= 0.3 is 0 Å². The Balaban J connectivity index is 0.967. The molecular weight excluding hydrogens is 1380 g/mol. The first-order chi connectivity index (χ1) is 39.8. The molecule has 0 bridgehead atoms. The maximum Gasteiger partial charge on any atom is 0.259 e. The van der Waals surface area contributed by atoms with Crippen LogP contribution in [0.25, 0.3) is 27.8 Å². The number of fused-ring (bicyclic) bond motifs is 1. The Morgan fingerprint density at radius 1 is 0.747 bits per heavy atom. The third-order valence-corrected chi connectivity index (χ3v) is 23.4. The van der Waals surface area contributed by atoms with Gasteiger partial charge in [0.15, 0.2) is 5.71 Å². The van der Waals surface area contributed by atoms with Gasteiger partial charge in [-0.1, -0.05) is 106 Å². The Morgan fingerprint density at radius 3 is 2.07 bits per heavy atom. The Kier molecular flexibility index (Phi) is 22.9. The van der Waals surface area contributed by atoms with Crippen molar-refractivity contribution in [3.8, 4) is 6.07 Å². The number of aryl methyl sites for hydroxylation is 1. The summed E-state index contributed by atoms with van der Waals surface area (Å²) in [6.45, 7) is 22.4. The summed E-state index contributed by atoms with van der Waals surface area (Å²) < 4.78 is 23.9. The van der Waals surface area contributed by atoms with Gasteiger partial charge < -0.3 is 23.8 Å². The number of para-hydroxylation sites is 1. The number of nitriles is 1. The summed E-state index contributed by atoms with van der Waals surface area (Å²) >= 11 is 19.5. The third-order valence-electron chi connectivity index (χ3n) is 15.2. The molecule has 9 nitrogen and oxygen atoms in total. The number of carbonyl (C=O) groups excluding carboxylic acids is 1. The number of allylic oxidation sites excluding steroid dienone is 4. The normalized spacial score (nSPS) is 14.2. The molecule has 6 aromatic carbocycles. The van der Waals surface area contributed by atoms with Crippen LogP contribution in [0.4, 0.5) is 28.4 Å². The van der Waals surface area contributed by atoms with Gasteiger partial charge in [-0.05, 0) is 206 Å². The topological polar surface area (TPSA) is 85.8 Å². The number of nitrogens with one attached hydrogen (secondary N) is 1. The third kappa shape index (κ3) is 15.1. The number of hydrogen-bond acceptors (Lipinski definition) is 6. The van der Waals surface area contributed by atoms with Crippen molar-refractivity contribution in [1.82, 2.24) is 19.1 Å². The van der Waals surface area contributed by atoms with Crippen molar-refractivity contribution in [2.24, 2.45) is 0 Å². The van der Waals surface area contributed by atoms with Crippen molar-refractivity contribution in [3.63, 3.8) is 0 Å². The maximum absolute atomic E-state index is 12.9. The molecule has 0 fully saturated rings. The number of rotatable bonds is 26. The van der Waals surface area contributed by atoms with Gasteiger partial charge in [-0.15, -0.1) is 0 Å². The summed E-state index contributed by atoms with van der Waals surface area (Å²) in [7, 11) is -1.23. The van der Waals surface area contributed by atoms with E-state index >= 15 is 0 Å². The van der Waals surface area contributed by atoms with E-state index < -0.39 is 8.53 Å². The molecule has 1 aromatic heterocycles. The molecule has 1 aliphatic heterocycles. The van der Waals surface area contributed by atoms with Gasteiger partial charge in [0.1, 0.15) is 0 Å². The lowest BCUT2D eigenvalue weighted by Gasteiger charge is -2.35. The monoisotopic (exact) mass is 1450 g/mol. The fourth-order valence-corrected chi connectivity index (χ4v) is 16.1. The van der Waals surface area contributed by atoms with E-state index in [0.29, 0.717) is 32.6 Å². The zero-order valence-corrected chi connectivity index (χ0v) is 58.0. The molecule has 7 aromatic rings. The molecule has 0 radical (unpaired) electrons. The minimum Gasteiger partial charge on any atom is -0.356 e. The molecule has 0 spiro atoms. The van der Waals surface area contributed by atoms with Crippen LogP contribution in [-0.4, -0.2) is 52.7 Å². The highest BCUT2D eigenvalue weighted by Gasteiger charge is 2.46. The summed E-state index contributed by atoms with van der Waals surface area (Å²) in [6.07, 6.45) is 17.4. The number of halogens is 5. The lowest BCUT2D eigenvalue weighted by Crippen LogP contribution is -2.33. The Labute approximate surface area is 535 Å². The highest BCUT2D eigenvalue weighted by Crippen LogP contribution is 2.54. The largest absolute Gasteiger partial charge is 0.356 e. The van der Waals surface area contributed by atoms with Crippen LogP contribution >= 0.6 is 88.2 Å². The molecule has 2 heterocycles. The van der Waals surface area contributed by atoms with Crippen LogP contribution in [0.1, 0.15) is 125 Å². The van der Waals surface area contributed by atoms with E-state index in [-0.39, 0.29) is 28.8 Å². The first kappa shape index (κ1) is 64.7. The SMILES string of the molecule is CC(C)N(C(C)C)P(OCCC#N)OCCCCCNC(=O)CCCCCn1/c(=C/C=C/C=C/C2=[N+](c3ccccc3)c3ccc(N(c4ccc(C(C)(C)C)cc4)c4c(Br)c(Br)c(Br)c(Br)c4Br)cc3C2(C)C)c2cccc3cccc1c32. The second-order valence-electron chi connectivity index (χ2n) is 23.2. The number of benzene rings is 6. The molecule has 1 aliphatic rings. The van der Waals surface area contributed by atoms with Crippen LogP contribution in [0, 0.1) is 11.3 Å². The van der Waals surface area contributed by atoms with Crippen LogP contribution in [0.3, 0.4) is 0 Å². The second kappa shape index (κ2) is 29.4. The maximum atomic E-state index is 12.9. The number of carbonyl (C=O) groups is 1. The highest BCUT2D eigenvalue weighted by molar-refractivity contribution is 9.15. The molecule has 436 valence electrons. The van der Waals surface area contributed by atoms with Crippen molar-refractivity contribution in [1.29, 1.82) is 5.26 Å². The van der Waals surface area contributed by atoms with Gasteiger partial charge in [0.2, 0.25) is 17.3 Å². The van der Waals surface area contributed by atoms with E-state index in [0.717, 1.165) is 95.9 Å². The molecule has 15 heteroatoms. The summed E-state index contributed by atoms with van der Waals surface area (Å²) in [5, 5.41) is 17.1. The van der Waals surface area contributed by atoms with Crippen LogP contribution < -0.4 is 20.1 Å². The second-order valence-corrected chi connectivity index (χ2v) is 28.6. The minimum atomic E-state index is -1.23. The van der Waals surface area contributed by atoms with Crippen LogP contribution in [-0.2, 0) is 31.2 Å². The van der Waals surface area contributed by atoms with E-state index in [2.05, 4.69) is 312 Å². The zero-order chi connectivity index (χ0) is 59.6. The van der Waals surface area contributed by atoms with Crippen LogP contribution in [0.5, 0.6) is 0 Å². The van der Waals surface area contributed by atoms with Gasteiger partial charge in [-0.2, -0.15) is 9.84 Å². The lowest BCUT2D eigenvalue weighted by atomic mass is 9.81. The van der Waals surface area contributed by atoms with E-state index in [1.54, 1.807) is 0 Å². The Morgan fingerprint density at radius 2 is 1.40 bits per heavy atom. The summed E-state index contributed by atoms with van der Waals surface area (Å²) in [5.41, 5.74) is 9.78. The molecule has 0 aliphatic carbocycles. The van der Waals surface area contributed by atoms with Crippen LogP contribution in [0.2, 0.25) is 0 Å². The van der Waals surface area contributed by atoms with Gasteiger partial charge in [-0.25, -0.2) is 4.67 Å². The molecule has 1 amide bonds. The molecule has 1 atom stereocenters. The number of nitrogens with zero attached hydrogens (tertiary/aromatic N) is 5.